The van der Waals surface area contributed by atoms with E-state index in [9.17, 15) is 4.79 Å². The van der Waals surface area contributed by atoms with Gasteiger partial charge in [0.1, 0.15) is 5.82 Å². The van der Waals surface area contributed by atoms with E-state index in [1.165, 1.54) is 0 Å². The maximum Gasteiger partial charge on any atom is 0.220 e. The molecular weight excluding hydrogens is 451 g/mol. The van der Waals surface area contributed by atoms with E-state index >= 15 is 0 Å². The molecule has 8 heteroatoms. The molecule has 0 aliphatic heterocycles. The molecule has 1 aliphatic carbocycles. The number of unbranched alkanes of at least 4 members (excludes halogenated alkanes) is 1. The largest absolute Gasteiger partial charge is 0.356 e. The lowest BCUT2D eigenvalue weighted by Crippen LogP contribution is -2.32. The van der Waals surface area contributed by atoms with Crippen LogP contribution in [0, 0.1) is 0 Å². The van der Waals surface area contributed by atoms with Crippen LogP contribution in [-0.2, 0) is 22.5 Å². The predicted octanol–water partition coefficient (Wildman–Crippen LogP) is 5.87. The van der Waals surface area contributed by atoms with Gasteiger partial charge in [-0.15, -0.1) is 10.2 Å². The Morgan fingerprint density at radius 2 is 2.16 bits per heavy atom. The van der Waals surface area contributed by atoms with Crippen LogP contribution in [0.5, 0.6) is 0 Å². The summed E-state index contributed by atoms with van der Waals surface area (Å²) < 4.78 is 2.13. The second-order valence-electron chi connectivity index (χ2n) is 7.86. The van der Waals surface area contributed by atoms with Gasteiger partial charge in [-0.3, -0.25) is 9.36 Å². The monoisotopic (exact) mass is 478 g/mol. The number of aryl methyl sites for hydroxylation is 1. The molecule has 166 valence electrons. The van der Waals surface area contributed by atoms with Gasteiger partial charge >= 0.3 is 0 Å². The zero-order chi connectivity index (χ0) is 22.3. The van der Waals surface area contributed by atoms with E-state index in [1.807, 2.05) is 36.4 Å². The first kappa shape index (κ1) is 23.9. The Kier molecular flexibility index (Phi) is 8.64. The maximum absolute atomic E-state index is 12.2. The smallest absolute Gasteiger partial charge is 0.220 e. The highest BCUT2D eigenvalue weighted by Crippen LogP contribution is 2.37. The van der Waals surface area contributed by atoms with Crippen LogP contribution in [-0.4, -0.2) is 27.2 Å². The minimum absolute atomic E-state index is 0.0402. The summed E-state index contributed by atoms with van der Waals surface area (Å²) in [5.74, 6) is 1.55. The van der Waals surface area contributed by atoms with Crippen LogP contribution < -0.4 is 5.32 Å². The molecule has 0 spiro atoms. The van der Waals surface area contributed by atoms with E-state index in [1.54, 1.807) is 11.8 Å². The maximum atomic E-state index is 12.2. The molecule has 2 aromatic rings. The molecule has 3 rings (SSSR count). The molecule has 1 aromatic carbocycles. The average molecular weight is 479 g/mol. The summed E-state index contributed by atoms with van der Waals surface area (Å²) in [7, 11) is 0. The molecule has 0 bridgehead atoms. The van der Waals surface area contributed by atoms with Gasteiger partial charge in [0.2, 0.25) is 5.91 Å². The zero-order valence-corrected chi connectivity index (χ0v) is 20.2. The number of aromatic nitrogens is 3. The quantitative estimate of drug-likeness (QED) is 0.342. The van der Waals surface area contributed by atoms with Crippen molar-refractivity contribution in [3.05, 3.63) is 63.9 Å². The summed E-state index contributed by atoms with van der Waals surface area (Å²) in [6.07, 6.45) is 9.60. The van der Waals surface area contributed by atoms with Gasteiger partial charge < -0.3 is 5.32 Å². The van der Waals surface area contributed by atoms with Gasteiger partial charge in [-0.2, -0.15) is 0 Å². The molecule has 1 aromatic heterocycles. The second-order valence-corrected chi connectivity index (χ2v) is 9.73. The van der Waals surface area contributed by atoms with E-state index in [4.69, 9.17) is 23.2 Å². The summed E-state index contributed by atoms with van der Waals surface area (Å²) in [6, 6.07) is 7.81. The number of hydrogen-bond donors (Lipinski definition) is 1. The number of nitrogens with one attached hydrogen (secondary N) is 1. The van der Waals surface area contributed by atoms with Crippen LogP contribution in [0.4, 0.5) is 0 Å². The number of benzene rings is 1. The predicted molar refractivity (Wildman–Crippen MR) is 129 cm³/mol. The van der Waals surface area contributed by atoms with Crippen molar-refractivity contribution in [2.45, 2.75) is 62.4 Å². The molecule has 1 unspecified atom stereocenters. The van der Waals surface area contributed by atoms with Crippen LogP contribution in [0.15, 0.2) is 52.7 Å². The van der Waals surface area contributed by atoms with Gasteiger partial charge in [0.15, 0.2) is 5.16 Å². The lowest BCUT2D eigenvalue weighted by Gasteiger charge is -2.32. The number of amides is 1. The van der Waals surface area contributed by atoms with Crippen molar-refractivity contribution < 1.29 is 4.79 Å². The zero-order valence-electron chi connectivity index (χ0n) is 17.9. The molecular formula is C23H28Cl2N4OS. The van der Waals surface area contributed by atoms with E-state index in [2.05, 4.69) is 40.0 Å². The van der Waals surface area contributed by atoms with Gasteiger partial charge in [-0.25, -0.2) is 0 Å². The van der Waals surface area contributed by atoms with Crippen molar-refractivity contribution in [1.82, 2.24) is 20.1 Å². The molecule has 1 aliphatic rings. The van der Waals surface area contributed by atoms with Crippen molar-refractivity contribution >= 4 is 40.9 Å². The van der Waals surface area contributed by atoms with Crippen molar-refractivity contribution in [2.75, 3.05) is 6.54 Å². The fourth-order valence-electron chi connectivity index (χ4n) is 3.53. The number of carbonyl (C=O) groups is 1. The van der Waals surface area contributed by atoms with Crippen LogP contribution in [0.2, 0.25) is 5.02 Å². The Hall–Kier alpha value is -1.76. The summed E-state index contributed by atoms with van der Waals surface area (Å²) in [5, 5.41) is 14.2. The highest BCUT2D eigenvalue weighted by atomic mass is 35.5. The van der Waals surface area contributed by atoms with Crippen LogP contribution in [0.1, 0.15) is 50.9 Å². The standard InChI is InChI=1S/C23H28Cl2N4OS/c1-3-4-13-26-21(30)11-10-20-27-28-22(31-16-17-7-5-8-18(24)14-17)29(20)23(2)12-6-9-19(25)15-23/h5-9,12,14H,3-4,10-11,13,15-16H2,1-2H3,(H,26,30). The van der Waals surface area contributed by atoms with Gasteiger partial charge in [-0.05, 0) is 37.1 Å². The Balaban J connectivity index is 1.79. The Bertz CT molecular complexity index is 972. The van der Waals surface area contributed by atoms with E-state index in [0.717, 1.165) is 40.2 Å². The average Bonchev–Trinajstić information content (AvgIpc) is 3.15. The first-order valence-electron chi connectivity index (χ1n) is 10.5. The van der Waals surface area contributed by atoms with Crippen LogP contribution in [0.25, 0.3) is 0 Å². The van der Waals surface area contributed by atoms with E-state index in [0.29, 0.717) is 30.8 Å². The lowest BCUT2D eigenvalue weighted by atomic mass is 9.92. The van der Waals surface area contributed by atoms with Gasteiger partial charge in [0.05, 0.1) is 5.54 Å². The molecule has 0 saturated heterocycles. The minimum atomic E-state index is -0.389. The Morgan fingerprint density at radius 1 is 1.32 bits per heavy atom. The summed E-state index contributed by atoms with van der Waals surface area (Å²) in [4.78, 5) is 12.2. The second kappa shape index (κ2) is 11.2. The summed E-state index contributed by atoms with van der Waals surface area (Å²) in [6.45, 7) is 4.94. The highest BCUT2D eigenvalue weighted by molar-refractivity contribution is 7.98. The number of thioether (sulfide) groups is 1. The number of hydrogen-bond acceptors (Lipinski definition) is 4. The Morgan fingerprint density at radius 3 is 2.90 bits per heavy atom. The first-order chi connectivity index (χ1) is 14.9. The third-order valence-corrected chi connectivity index (χ3v) is 6.65. The van der Waals surface area contributed by atoms with Crippen molar-refractivity contribution in [3.8, 4) is 0 Å². The molecule has 1 heterocycles. The SMILES string of the molecule is CCCCNC(=O)CCc1nnc(SCc2cccc(Cl)c2)n1C1(C)C=CC=C(Cl)C1. The minimum Gasteiger partial charge on any atom is -0.356 e. The number of halogens is 2. The highest BCUT2D eigenvalue weighted by Gasteiger charge is 2.32. The molecule has 0 saturated carbocycles. The number of nitrogens with zero attached hydrogens (tertiary/aromatic N) is 3. The molecule has 5 nitrogen and oxygen atoms in total. The third kappa shape index (κ3) is 6.61. The third-order valence-electron chi connectivity index (χ3n) is 5.16. The molecule has 0 radical (unpaired) electrons. The van der Waals surface area contributed by atoms with Crippen LogP contribution >= 0.6 is 35.0 Å². The number of rotatable bonds is 10. The summed E-state index contributed by atoms with van der Waals surface area (Å²) in [5.41, 5.74) is 0.728. The molecule has 0 fully saturated rings. The molecule has 1 atom stereocenters. The molecule has 1 N–H and O–H groups in total. The van der Waals surface area contributed by atoms with Gasteiger partial charge in [0.25, 0.3) is 0 Å². The normalized spacial score (nSPS) is 18.1. The molecule has 31 heavy (non-hydrogen) atoms. The van der Waals surface area contributed by atoms with Crippen LogP contribution in [0.3, 0.4) is 0 Å². The lowest BCUT2D eigenvalue weighted by molar-refractivity contribution is -0.121. The van der Waals surface area contributed by atoms with E-state index < -0.39 is 0 Å². The number of allylic oxidation sites excluding steroid dienone is 4. The fraction of sp³-hybridized carbons (Fsp3) is 0.435. The number of carbonyl (C=O) groups excluding carboxylic acids is 1. The topological polar surface area (TPSA) is 59.8 Å². The van der Waals surface area contributed by atoms with Gasteiger partial charge in [-0.1, -0.05) is 72.6 Å². The summed E-state index contributed by atoms with van der Waals surface area (Å²) >= 11 is 14.1. The van der Waals surface area contributed by atoms with Crippen molar-refractivity contribution in [3.63, 3.8) is 0 Å². The molecule has 1 amide bonds. The van der Waals surface area contributed by atoms with Crippen molar-refractivity contribution in [2.24, 2.45) is 0 Å². The van der Waals surface area contributed by atoms with Crippen molar-refractivity contribution in [1.29, 1.82) is 0 Å². The Labute approximate surface area is 198 Å². The van der Waals surface area contributed by atoms with Gasteiger partial charge in [0, 0.05) is 41.6 Å². The van der Waals surface area contributed by atoms with E-state index in [-0.39, 0.29) is 11.4 Å². The first-order valence-corrected chi connectivity index (χ1v) is 12.3. The fourth-order valence-corrected chi connectivity index (χ4v) is 5.11.